The SMILES string of the molecule is O=[N+]([O-])c1cccc(Cl)c1NCc1ccncc1. The van der Waals surface area contributed by atoms with Crippen LogP contribution in [-0.4, -0.2) is 9.91 Å². The first-order valence-corrected chi connectivity index (χ1v) is 5.62. The number of benzene rings is 1. The van der Waals surface area contributed by atoms with Crippen molar-refractivity contribution in [2.75, 3.05) is 5.32 Å². The normalized spacial score (nSPS) is 10.1. The van der Waals surface area contributed by atoms with Crippen molar-refractivity contribution in [3.63, 3.8) is 0 Å². The van der Waals surface area contributed by atoms with Gasteiger partial charge in [0.05, 0.1) is 9.95 Å². The number of pyridine rings is 1. The van der Waals surface area contributed by atoms with Crippen molar-refractivity contribution in [2.45, 2.75) is 6.54 Å². The van der Waals surface area contributed by atoms with E-state index in [2.05, 4.69) is 10.3 Å². The summed E-state index contributed by atoms with van der Waals surface area (Å²) in [6.45, 7) is 0.451. The van der Waals surface area contributed by atoms with Gasteiger partial charge in [0.15, 0.2) is 0 Å². The molecule has 2 rings (SSSR count). The predicted octanol–water partition coefficient (Wildman–Crippen LogP) is 3.26. The second kappa shape index (κ2) is 5.46. The Hall–Kier alpha value is -2.14. The molecule has 0 aliphatic rings. The molecule has 1 aromatic heterocycles. The molecule has 92 valence electrons. The standard InChI is InChI=1S/C12H10ClN3O2/c13-10-2-1-3-11(16(17)18)12(10)15-8-9-4-6-14-7-5-9/h1-7,15H,8H2. The summed E-state index contributed by atoms with van der Waals surface area (Å²) in [5.41, 5.74) is 1.27. The van der Waals surface area contributed by atoms with E-state index in [0.29, 0.717) is 17.3 Å². The molecule has 0 unspecified atom stereocenters. The molecule has 1 aromatic carbocycles. The Labute approximate surface area is 109 Å². The van der Waals surface area contributed by atoms with Gasteiger partial charge >= 0.3 is 0 Å². The summed E-state index contributed by atoms with van der Waals surface area (Å²) < 4.78 is 0. The number of nitrogens with one attached hydrogen (secondary N) is 1. The number of nitro benzene ring substituents is 1. The molecular formula is C12H10ClN3O2. The first-order chi connectivity index (χ1) is 8.68. The van der Waals surface area contributed by atoms with Gasteiger partial charge in [-0.2, -0.15) is 0 Å². The number of halogens is 1. The van der Waals surface area contributed by atoms with Crippen LogP contribution in [0.25, 0.3) is 0 Å². The van der Waals surface area contributed by atoms with Gasteiger partial charge in [0.25, 0.3) is 5.69 Å². The topological polar surface area (TPSA) is 68.1 Å². The van der Waals surface area contributed by atoms with E-state index < -0.39 is 4.92 Å². The summed E-state index contributed by atoms with van der Waals surface area (Å²) in [6.07, 6.45) is 3.33. The molecular weight excluding hydrogens is 254 g/mol. The van der Waals surface area contributed by atoms with E-state index in [1.165, 1.54) is 6.07 Å². The Balaban J connectivity index is 2.21. The molecule has 1 heterocycles. The van der Waals surface area contributed by atoms with Crippen molar-refractivity contribution in [3.05, 3.63) is 63.4 Å². The van der Waals surface area contributed by atoms with Gasteiger partial charge in [0, 0.05) is 25.0 Å². The van der Waals surface area contributed by atoms with Crippen molar-refractivity contribution in [2.24, 2.45) is 0 Å². The minimum absolute atomic E-state index is 0.0310. The average molecular weight is 264 g/mol. The Kier molecular flexibility index (Phi) is 3.74. The van der Waals surface area contributed by atoms with E-state index in [-0.39, 0.29) is 5.69 Å². The van der Waals surface area contributed by atoms with Crippen molar-refractivity contribution in [1.82, 2.24) is 4.98 Å². The maximum Gasteiger partial charge on any atom is 0.293 e. The van der Waals surface area contributed by atoms with Crippen molar-refractivity contribution < 1.29 is 4.92 Å². The van der Waals surface area contributed by atoms with Crippen LogP contribution in [0, 0.1) is 10.1 Å². The highest BCUT2D eigenvalue weighted by Crippen LogP contribution is 2.32. The number of hydrogen-bond acceptors (Lipinski definition) is 4. The fourth-order valence-electron chi connectivity index (χ4n) is 1.53. The van der Waals surface area contributed by atoms with Gasteiger partial charge < -0.3 is 5.32 Å². The lowest BCUT2D eigenvalue weighted by molar-refractivity contribution is -0.383. The zero-order valence-corrected chi connectivity index (χ0v) is 10.1. The molecule has 0 atom stereocenters. The monoisotopic (exact) mass is 263 g/mol. The molecule has 0 aliphatic carbocycles. The lowest BCUT2D eigenvalue weighted by Gasteiger charge is -2.08. The predicted molar refractivity (Wildman–Crippen MR) is 69.7 cm³/mol. The molecule has 0 fully saturated rings. The molecule has 2 aromatic rings. The zero-order chi connectivity index (χ0) is 13.0. The van der Waals surface area contributed by atoms with Gasteiger partial charge in [-0.1, -0.05) is 17.7 Å². The molecule has 0 saturated carbocycles. The van der Waals surface area contributed by atoms with Crippen LogP contribution < -0.4 is 5.32 Å². The summed E-state index contributed by atoms with van der Waals surface area (Å²) in [5, 5.41) is 14.2. The molecule has 0 radical (unpaired) electrons. The van der Waals surface area contributed by atoms with Crippen LogP contribution in [-0.2, 0) is 6.54 Å². The smallest absolute Gasteiger partial charge is 0.293 e. The third-order valence-electron chi connectivity index (χ3n) is 2.41. The summed E-state index contributed by atoms with van der Waals surface area (Å²) in [7, 11) is 0. The number of nitro groups is 1. The summed E-state index contributed by atoms with van der Waals surface area (Å²) in [6, 6.07) is 8.24. The van der Waals surface area contributed by atoms with Crippen LogP contribution in [0.5, 0.6) is 0 Å². The number of nitrogens with zero attached hydrogens (tertiary/aromatic N) is 2. The molecule has 0 bridgehead atoms. The highest BCUT2D eigenvalue weighted by Gasteiger charge is 2.15. The van der Waals surface area contributed by atoms with Gasteiger partial charge in [0.2, 0.25) is 0 Å². The third kappa shape index (κ3) is 2.75. The van der Waals surface area contributed by atoms with E-state index in [9.17, 15) is 10.1 Å². The maximum atomic E-state index is 10.9. The molecule has 5 nitrogen and oxygen atoms in total. The average Bonchev–Trinajstić information content (AvgIpc) is 2.38. The second-order valence-electron chi connectivity index (χ2n) is 3.60. The van der Waals surface area contributed by atoms with Gasteiger partial charge in [0.1, 0.15) is 5.69 Å². The fourth-order valence-corrected chi connectivity index (χ4v) is 1.77. The molecule has 0 aliphatic heterocycles. The number of hydrogen-bond donors (Lipinski definition) is 1. The van der Waals surface area contributed by atoms with Crippen LogP contribution in [0.2, 0.25) is 5.02 Å². The summed E-state index contributed by atoms with van der Waals surface area (Å²) in [5.74, 6) is 0. The molecule has 18 heavy (non-hydrogen) atoms. The molecule has 0 saturated heterocycles. The quantitative estimate of drug-likeness (QED) is 0.679. The Morgan fingerprint density at radius 3 is 2.67 bits per heavy atom. The Morgan fingerprint density at radius 2 is 2.00 bits per heavy atom. The highest BCUT2D eigenvalue weighted by atomic mass is 35.5. The molecule has 0 amide bonds. The first-order valence-electron chi connectivity index (χ1n) is 5.24. The number of anilines is 1. The Bertz CT molecular complexity index is 561. The van der Waals surface area contributed by atoms with Crippen molar-refractivity contribution in [1.29, 1.82) is 0 Å². The van der Waals surface area contributed by atoms with Gasteiger partial charge in [-0.15, -0.1) is 0 Å². The van der Waals surface area contributed by atoms with Crippen LogP contribution >= 0.6 is 11.6 Å². The van der Waals surface area contributed by atoms with Crippen LogP contribution in [0.3, 0.4) is 0 Å². The van der Waals surface area contributed by atoms with Crippen molar-refractivity contribution >= 4 is 23.0 Å². The summed E-state index contributed by atoms with van der Waals surface area (Å²) in [4.78, 5) is 14.3. The molecule has 1 N–H and O–H groups in total. The van der Waals surface area contributed by atoms with Gasteiger partial charge in [-0.25, -0.2) is 0 Å². The number of aromatic nitrogens is 1. The van der Waals surface area contributed by atoms with E-state index in [4.69, 9.17) is 11.6 Å². The number of para-hydroxylation sites is 1. The largest absolute Gasteiger partial charge is 0.374 e. The fraction of sp³-hybridized carbons (Fsp3) is 0.0833. The molecule has 6 heteroatoms. The Morgan fingerprint density at radius 1 is 1.28 bits per heavy atom. The zero-order valence-electron chi connectivity index (χ0n) is 9.34. The summed E-state index contributed by atoms with van der Waals surface area (Å²) >= 11 is 5.96. The second-order valence-corrected chi connectivity index (χ2v) is 4.01. The minimum atomic E-state index is -0.458. The highest BCUT2D eigenvalue weighted by molar-refractivity contribution is 6.33. The van der Waals surface area contributed by atoms with Gasteiger partial charge in [-0.05, 0) is 23.8 Å². The van der Waals surface area contributed by atoms with Crippen molar-refractivity contribution in [3.8, 4) is 0 Å². The van der Waals surface area contributed by atoms with Crippen LogP contribution in [0.15, 0.2) is 42.7 Å². The lowest BCUT2D eigenvalue weighted by atomic mass is 10.2. The van der Waals surface area contributed by atoms with Gasteiger partial charge in [-0.3, -0.25) is 15.1 Å². The van der Waals surface area contributed by atoms with E-state index >= 15 is 0 Å². The number of rotatable bonds is 4. The van der Waals surface area contributed by atoms with Crippen LogP contribution in [0.1, 0.15) is 5.56 Å². The van der Waals surface area contributed by atoms with E-state index in [1.807, 2.05) is 12.1 Å². The first kappa shape index (κ1) is 12.3. The van der Waals surface area contributed by atoms with E-state index in [1.54, 1.807) is 24.5 Å². The molecule has 0 spiro atoms. The van der Waals surface area contributed by atoms with Crippen LogP contribution in [0.4, 0.5) is 11.4 Å². The third-order valence-corrected chi connectivity index (χ3v) is 2.72. The minimum Gasteiger partial charge on any atom is -0.374 e. The maximum absolute atomic E-state index is 10.9. The lowest BCUT2D eigenvalue weighted by Crippen LogP contribution is -2.03. The van der Waals surface area contributed by atoms with E-state index in [0.717, 1.165) is 5.56 Å².